The SMILES string of the molecule is c1ccc(-c2ccc(N(c3cc(-c4ccccc4)cc(-c4ccccc4)c3)c3ccc4oc5ccc(-c6ccc7oc8ccccc8c7c6)cc5c4c3)cc2)cc1. The average molecular weight is 730 g/mol. The summed E-state index contributed by atoms with van der Waals surface area (Å²) in [5.41, 5.74) is 15.9. The summed E-state index contributed by atoms with van der Waals surface area (Å²) in [6, 6.07) is 75.4. The first kappa shape index (κ1) is 32.8. The van der Waals surface area contributed by atoms with Crippen molar-refractivity contribution in [2.24, 2.45) is 0 Å². The molecule has 0 aliphatic carbocycles. The van der Waals surface area contributed by atoms with Crippen molar-refractivity contribution in [2.45, 2.75) is 0 Å². The number of nitrogens with zero attached hydrogens (tertiary/aromatic N) is 1. The summed E-state index contributed by atoms with van der Waals surface area (Å²) in [7, 11) is 0. The molecule has 0 fully saturated rings. The molecule has 0 saturated carbocycles. The van der Waals surface area contributed by atoms with E-state index >= 15 is 0 Å². The molecule has 11 aromatic rings. The van der Waals surface area contributed by atoms with Crippen molar-refractivity contribution in [1.82, 2.24) is 0 Å². The number of fused-ring (bicyclic) bond motifs is 6. The molecule has 57 heavy (non-hydrogen) atoms. The summed E-state index contributed by atoms with van der Waals surface area (Å²) in [6.45, 7) is 0. The van der Waals surface area contributed by atoms with Crippen molar-refractivity contribution in [3.8, 4) is 44.5 Å². The van der Waals surface area contributed by atoms with Crippen LogP contribution in [0.4, 0.5) is 17.1 Å². The normalized spacial score (nSPS) is 11.5. The number of benzene rings is 9. The quantitative estimate of drug-likeness (QED) is 0.164. The molecule has 0 saturated heterocycles. The molecular formula is C54H35NO2. The molecule has 0 atom stereocenters. The molecule has 268 valence electrons. The van der Waals surface area contributed by atoms with Crippen LogP contribution in [0.5, 0.6) is 0 Å². The topological polar surface area (TPSA) is 29.5 Å². The Morgan fingerprint density at radius 1 is 0.228 bits per heavy atom. The van der Waals surface area contributed by atoms with Gasteiger partial charge < -0.3 is 13.7 Å². The molecule has 0 amide bonds. The highest BCUT2D eigenvalue weighted by Gasteiger charge is 2.19. The van der Waals surface area contributed by atoms with E-state index in [-0.39, 0.29) is 0 Å². The minimum atomic E-state index is 0.851. The van der Waals surface area contributed by atoms with Crippen molar-refractivity contribution in [3.05, 3.63) is 212 Å². The van der Waals surface area contributed by atoms with E-state index < -0.39 is 0 Å². The fourth-order valence-electron chi connectivity index (χ4n) is 8.21. The van der Waals surface area contributed by atoms with Gasteiger partial charge >= 0.3 is 0 Å². The summed E-state index contributed by atoms with van der Waals surface area (Å²) in [5.74, 6) is 0. The number of rotatable bonds is 7. The zero-order chi connectivity index (χ0) is 37.7. The maximum Gasteiger partial charge on any atom is 0.135 e. The Morgan fingerprint density at radius 3 is 1.21 bits per heavy atom. The summed E-state index contributed by atoms with van der Waals surface area (Å²) in [6.07, 6.45) is 0. The largest absolute Gasteiger partial charge is 0.456 e. The van der Waals surface area contributed by atoms with Crippen LogP contribution in [0, 0.1) is 0 Å². The Bertz CT molecular complexity index is 3160. The first-order valence-corrected chi connectivity index (χ1v) is 19.3. The molecule has 2 aromatic heterocycles. The van der Waals surface area contributed by atoms with Crippen molar-refractivity contribution < 1.29 is 8.83 Å². The van der Waals surface area contributed by atoms with Crippen LogP contribution in [0.2, 0.25) is 0 Å². The van der Waals surface area contributed by atoms with Crippen LogP contribution in [-0.2, 0) is 0 Å². The Morgan fingerprint density at radius 2 is 0.632 bits per heavy atom. The number of para-hydroxylation sites is 1. The van der Waals surface area contributed by atoms with Gasteiger partial charge in [0.1, 0.15) is 22.3 Å². The van der Waals surface area contributed by atoms with Gasteiger partial charge in [-0.3, -0.25) is 0 Å². The van der Waals surface area contributed by atoms with Gasteiger partial charge in [-0.05, 0) is 123 Å². The van der Waals surface area contributed by atoms with Crippen LogP contribution in [0.3, 0.4) is 0 Å². The predicted molar refractivity (Wildman–Crippen MR) is 237 cm³/mol. The van der Waals surface area contributed by atoms with Crippen molar-refractivity contribution in [1.29, 1.82) is 0 Å². The lowest BCUT2D eigenvalue weighted by atomic mass is 9.97. The fraction of sp³-hybridized carbons (Fsp3) is 0. The molecule has 0 spiro atoms. The van der Waals surface area contributed by atoms with Crippen molar-refractivity contribution in [2.75, 3.05) is 4.90 Å². The van der Waals surface area contributed by atoms with E-state index in [4.69, 9.17) is 8.83 Å². The van der Waals surface area contributed by atoms with Gasteiger partial charge in [-0.1, -0.05) is 133 Å². The molecule has 3 heteroatoms. The van der Waals surface area contributed by atoms with E-state index in [1.807, 2.05) is 12.1 Å². The molecule has 0 unspecified atom stereocenters. The molecule has 0 radical (unpaired) electrons. The second-order valence-corrected chi connectivity index (χ2v) is 14.6. The van der Waals surface area contributed by atoms with E-state index in [0.29, 0.717) is 0 Å². The van der Waals surface area contributed by atoms with Gasteiger partial charge in [-0.25, -0.2) is 0 Å². The molecule has 0 N–H and O–H groups in total. The number of hydrogen-bond donors (Lipinski definition) is 0. The van der Waals surface area contributed by atoms with Crippen LogP contribution in [0.25, 0.3) is 88.4 Å². The number of anilines is 3. The maximum absolute atomic E-state index is 6.49. The van der Waals surface area contributed by atoms with Crippen LogP contribution < -0.4 is 4.90 Å². The second-order valence-electron chi connectivity index (χ2n) is 14.6. The van der Waals surface area contributed by atoms with Crippen LogP contribution in [0.15, 0.2) is 221 Å². The van der Waals surface area contributed by atoms with E-state index in [1.165, 1.54) is 22.3 Å². The summed E-state index contributed by atoms with van der Waals surface area (Å²) in [5, 5.41) is 4.37. The van der Waals surface area contributed by atoms with Crippen molar-refractivity contribution >= 4 is 60.9 Å². The minimum Gasteiger partial charge on any atom is -0.456 e. The number of hydrogen-bond acceptors (Lipinski definition) is 3. The zero-order valence-electron chi connectivity index (χ0n) is 31.0. The minimum absolute atomic E-state index is 0.851. The Balaban J connectivity index is 1.09. The Hall–Kier alpha value is -7.62. The third kappa shape index (κ3) is 5.94. The smallest absolute Gasteiger partial charge is 0.135 e. The fourth-order valence-corrected chi connectivity index (χ4v) is 8.21. The second kappa shape index (κ2) is 13.6. The molecule has 0 bridgehead atoms. The van der Waals surface area contributed by atoms with Gasteiger partial charge in [-0.15, -0.1) is 0 Å². The lowest BCUT2D eigenvalue weighted by Crippen LogP contribution is -2.10. The average Bonchev–Trinajstić information content (AvgIpc) is 3.85. The molecule has 2 heterocycles. The molecular weight excluding hydrogens is 695 g/mol. The first-order chi connectivity index (χ1) is 28.2. The van der Waals surface area contributed by atoms with Crippen molar-refractivity contribution in [3.63, 3.8) is 0 Å². The van der Waals surface area contributed by atoms with Gasteiger partial charge in [0.05, 0.1) is 0 Å². The van der Waals surface area contributed by atoms with Gasteiger partial charge in [0.2, 0.25) is 0 Å². The van der Waals surface area contributed by atoms with Crippen LogP contribution >= 0.6 is 0 Å². The summed E-state index contributed by atoms with van der Waals surface area (Å²) in [4.78, 5) is 2.37. The van der Waals surface area contributed by atoms with E-state index in [2.05, 4.69) is 205 Å². The Labute approximate surface area is 330 Å². The van der Waals surface area contributed by atoms with E-state index in [0.717, 1.165) is 83.2 Å². The van der Waals surface area contributed by atoms with Crippen LogP contribution in [0.1, 0.15) is 0 Å². The number of furan rings is 2. The molecule has 0 aliphatic rings. The summed E-state index contributed by atoms with van der Waals surface area (Å²) >= 11 is 0. The van der Waals surface area contributed by atoms with Gasteiger partial charge in [0.25, 0.3) is 0 Å². The highest BCUT2D eigenvalue weighted by atomic mass is 16.3. The predicted octanol–water partition coefficient (Wildman–Crippen LogP) is 15.6. The third-order valence-electron chi connectivity index (χ3n) is 11.0. The molecule has 11 rings (SSSR count). The first-order valence-electron chi connectivity index (χ1n) is 19.3. The molecule has 9 aromatic carbocycles. The lowest BCUT2D eigenvalue weighted by molar-refractivity contribution is 0.668. The van der Waals surface area contributed by atoms with Crippen LogP contribution in [-0.4, -0.2) is 0 Å². The summed E-state index contributed by atoms with van der Waals surface area (Å²) < 4.78 is 12.6. The van der Waals surface area contributed by atoms with E-state index in [1.54, 1.807) is 0 Å². The monoisotopic (exact) mass is 729 g/mol. The van der Waals surface area contributed by atoms with Gasteiger partial charge in [-0.2, -0.15) is 0 Å². The molecule has 0 aliphatic heterocycles. The standard InChI is InChI=1S/C54H35NO2/c1-4-12-36(13-5-1)39-20-24-44(25-21-39)55(46-31-42(37-14-6-2-7-15-37)30-43(32-46)38-16-8-3-9-17-38)45-26-29-54-50(35-45)49-34-41(23-28-53(49)57-54)40-22-27-52-48(33-40)47-18-10-11-19-51(47)56-52/h1-35H. The highest BCUT2D eigenvalue weighted by Crippen LogP contribution is 2.43. The maximum atomic E-state index is 6.49. The zero-order valence-corrected chi connectivity index (χ0v) is 31.0. The highest BCUT2D eigenvalue weighted by molar-refractivity contribution is 6.09. The Kier molecular flexibility index (Phi) is 7.82. The van der Waals surface area contributed by atoms with Gasteiger partial charge in [0, 0.05) is 38.6 Å². The van der Waals surface area contributed by atoms with E-state index in [9.17, 15) is 0 Å². The third-order valence-corrected chi connectivity index (χ3v) is 11.0. The lowest BCUT2D eigenvalue weighted by Gasteiger charge is -2.27. The molecule has 3 nitrogen and oxygen atoms in total. The van der Waals surface area contributed by atoms with Gasteiger partial charge in [0.15, 0.2) is 0 Å².